The van der Waals surface area contributed by atoms with Crippen LogP contribution in [-0.2, 0) is 8.53 Å². The average Bonchev–Trinajstić information content (AvgIpc) is 2.01. The van der Waals surface area contributed by atoms with Gasteiger partial charge in [0, 0.05) is 20.3 Å². The van der Waals surface area contributed by atoms with Gasteiger partial charge < -0.3 is 13.4 Å². The van der Waals surface area contributed by atoms with Crippen molar-refractivity contribution in [2.45, 2.75) is 6.42 Å². The predicted molar refractivity (Wildman–Crippen MR) is 48.5 cm³/mol. The first kappa shape index (κ1) is 11.4. The fourth-order valence-electron chi connectivity index (χ4n) is 0.838. The number of methoxy groups -OCH3 is 1. The third kappa shape index (κ3) is 8.32. The Kier molecular flexibility index (Phi) is 8.83. The number of hydrogen-bond donors (Lipinski definition) is 0. The van der Waals surface area contributed by atoms with E-state index in [0.717, 1.165) is 49.3 Å². The number of nitrogens with zero attached hydrogens (tertiary/aromatic N) is 1. The molecule has 0 radical (unpaired) electrons. The molecule has 0 bridgehead atoms. The van der Waals surface area contributed by atoms with Crippen molar-refractivity contribution >= 4 is 16.6 Å². The van der Waals surface area contributed by atoms with Crippen LogP contribution in [0.2, 0.25) is 0 Å². The maximum absolute atomic E-state index is 5.08. The van der Waals surface area contributed by atoms with Gasteiger partial charge >= 0.3 is 16.6 Å². The van der Waals surface area contributed by atoms with E-state index in [4.69, 9.17) is 8.53 Å². The lowest BCUT2D eigenvalue weighted by atomic mass is 10.4. The van der Waals surface area contributed by atoms with Crippen molar-refractivity contribution in [2.75, 3.05) is 40.5 Å². The van der Waals surface area contributed by atoms with Crippen molar-refractivity contribution in [1.29, 1.82) is 0 Å². The summed E-state index contributed by atoms with van der Waals surface area (Å²) in [5, 5.41) is 0. The molecule has 0 saturated carbocycles. The smallest absolute Gasteiger partial charge is 0.410 e. The normalized spacial score (nSPS) is 10.8. The first-order valence-corrected chi connectivity index (χ1v) is 4.79. The van der Waals surface area contributed by atoms with Crippen molar-refractivity contribution in [3.63, 3.8) is 0 Å². The van der Waals surface area contributed by atoms with Crippen molar-refractivity contribution in [3.8, 4) is 0 Å². The summed E-state index contributed by atoms with van der Waals surface area (Å²) >= 11 is 0.859. The van der Waals surface area contributed by atoms with E-state index >= 15 is 0 Å². The largest absolute Gasteiger partial charge is 0.506 e. The molecule has 3 nitrogen and oxygen atoms in total. The topological polar surface area (TPSA) is 21.7 Å². The zero-order valence-corrected chi connectivity index (χ0v) is 9.80. The third-order valence-electron chi connectivity index (χ3n) is 1.57. The lowest BCUT2D eigenvalue weighted by molar-refractivity contribution is 0.157. The monoisotopic (exact) mass is 175 g/mol. The van der Waals surface area contributed by atoms with Crippen LogP contribution < -0.4 is 0 Å². The molecule has 0 aliphatic rings. The molecule has 0 N–H and O–H groups in total. The zero-order chi connectivity index (χ0) is 8.53. The minimum absolute atomic E-state index is 0.818. The molecule has 0 fully saturated rings. The second-order valence-corrected chi connectivity index (χ2v) is 3.22. The van der Waals surface area contributed by atoms with Crippen LogP contribution in [0.25, 0.3) is 0 Å². The minimum Gasteiger partial charge on any atom is -0.506 e. The van der Waals surface area contributed by atoms with E-state index in [0.29, 0.717) is 0 Å². The van der Waals surface area contributed by atoms with Gasteiger partial charge in [-0.15, -0.1) is 0 Å². The van der Waals surface area contributed by atoms with Crippen molar-refractivity contribution in [1.82, 2.24) is 4.90 Å². The molecule has 0 aromatic heterocycles. The molecule has 0 saturated heterocycles. The van der Waals surface area contributed by atoms with Crippen LogP contribution in [0.4, 0.5) is 0 Å². The molecule has 0 aliphatic carbocycles. The fourth-order valence-corrected chi connectivity index (χ4v) is 1.13. The third-order valence-corrected chi connectivity index (χ3v) is 1.97. The first-order valence-electron chi connectivity index (χ1n) is 3.97. The molecule has 0 amide bonds. The molecule has 0 aromatic rings. The summed E-state index contributed by atoms with van der Waals surface area (Å²) in [6.07, 6.45) is 1.13. The Morgan fingerprint density at radius 3 is 2.55 bits per heavy atom. The van der Waals surface area contributed by atoms with Gasteiger partial charge in [-0.25, -0.2) is 0 Å². The second kappa shape index (κ2) is 8.51. The molecule has 0 spiro atoms. The van der Waals surface area contributed by atoms with Crippen LogP contribution >= 0.6 is 0 Å². The Hall–Kier alpha value is 0.412. The Balaban J connectivity index is 3.02. The lowest BCUT2D eigenvalue weighted by Gasteiger charge is -2.15. The SMILES string of the molecule is COCCN(C)CCC[O][AlH2]. The van der Waals surface area contributed by atoms with Gasteiger partial charge in [0.05, 0.1) is 6.61 Å². The van der Waals surface area contributed by atoms with Gasteiger partial charge in [-0.1, -0.05) is 0 Å². The Morgan fingerprint density at radius 2 is 2.00 bits per heavy atom. The molecule has 11 heavy (non-hydrogen) atoms. The van der Waals surface area contributed by atoms with Gasteiger partial charge in [0.2, 0.25) is 0 Å². The summed E-state index contributed by atoms with van der Waals surface area (Å²) in [6.45, 7) is 3.84. The van der Waals surface area contributed by atoms with E-state index in [1.54, 1.807) is 7.11 Å². The van der Waals surface area contributed by atoms with E-state index in [-0.39, 0.29) is 0 Å². The molecule has 0 heterocycles. The summed E-state index contributed by atoms with van der Waals surface area (Å²) in [6, 6.07) is 0. The number of rotatable bonds is 7. The molecular formula is C7H18AlNO2. The van der Waals surface area contributed by atoms with Gasteiger partial charge in [-0.05, 0) is 20.0 Å². The van der Waals surface area contributed by atoms with Crippen LogP contribution in [0.15, 0.2) is 0 Å². The molecule has 0 aliphatic heterocycles. The minimum atomic E-state index is 0.818. The van der Waals surface area contributed by atoms with Crippen LogP contribution in [0, 0.1) is 0 Å². The highest BCUT2D eigenvalue weighted by atomic mass is 27.1. The van der Waals surface area contributed by atoms with Crippen LogP contribution in [0.5, 0.6) is 0 Å². The first-order chi connectivity index (χ1) is 5.31. The fraction of sp³-hybridized carbons (Fsp3) is 1.00. The second-order valence-electron chi connectivity index (χ2n) is 2.64. The molecule has 4 heteroatoms. The highest BCUT2D eigenvalue weighted by molar-refractivity contribution is 5.97. The van der Waals surface area contributed by atoms with Gasteiger partial charge in [-0.2, -0.15) is 0 Å². The van der Waals surface area contributed by atoms with Crippen molar-refractivity contribution < 1.29 is 8.53 Å². The number of hydrogen-bond acceptors (Lipinski definition) is 3. The van der Waals surface area contributed by atoms with Gasteiger partial charge in [0.25, 0.3) is 0 Å². The molecule has 0 atom stereocenters. The average molecular weight is 175 g/mol. The van der Waals surface area contributed by atoms with Crippen molar-refractivity contribution in [2.24, 2.45) is 0 Å². The maximum Gasteiger partial charge on any atom is 0.410 e. The highest BCUT2D eigenvalue weighted by Gasteiger charge is 1.95. The van der Waals surface area contributed by atoms with E-state index in [1.807, 2.05) is 0 Å². The molecular weight excluding hydrogens is 157 g/mol. The van der Waals surface area contributed by atoms with Gasteiger partial charge in [-0.3, -0.25) is 0 Å². The summed E-state index contributed by atoms with van der Waals surface area (Å²) < 4.78 is 10.0. The summed E-state index contributed by atoms with van der Waals surface area (Å²) in [4.78, 5) is 2.25. The zero-order valence-electron chi connectivity index (χ0n) is 7.80. The van der Waals surface area contributed by atoms with E-state index in [2.05, 4.69) is 11.9 Å². The Bertz CT molecular complexity index is 82.8. The number of ether oxygens (including phenoxy) is 1. The molecule has 66 valence electrons. The summed E-state index contributed by atoms with van der Waals surface area (Å²) in [5.74, 6) is 0. The molecule has 0 unspecified atom stereocenters. The van der Waals surface area contributed by atoms with Crippen molar-refractivity contribution in [3.05, 3.63) is 0 Å². The van der Waals surface area contributed by atoms with E-state index in [1.165, 1.54) is 0 Å². The quantitative estimate of drug-likeness (QED) is 0.385. The van der Waals surface area contributed by atoms with E-state index < -0.39 is 0 Å². The molecule has 0 rings (SSSR count). The summed E-state index contributed by atoms with van der Waals surface area (Å²) in [7, 11) is 3.83. The lowest BCUT2D eigenvalue weighted by Crippen LogP contribution is -2.24. The Labute approximate surface area is 77.4 Å². The predicted octanol–water partition coefficient (Wildman–Crippen LogP) is -0.481. The number of likely N-dealkylation sites (N-methyl/N-ethyl adjacent to an activating group) is 1. The van der Waals surface area contributed by atoms with Crippen LogP contribution in [0.1, 0.15) is 6.42 Å². The highest BCUT2D eigenvalue weighted by Crippen LogP contribution is 1.87. The van der Waals surface area contributed by atoms with Gasteiger partial charge in [0.1, 0.15) is 0 Å². The maximum atomic E-state index is 5.08. The van der Waals surface area contributed by atoms with E-state index in [9.17, 15) is 0 Å². The van der Waals surface area contributed by atoms with Crippen LogP contribution in [-0.4, -0.2) is 62.0 Å². The molecule has 0 aromatic carbocycles. The Morgan fingerprint density at radius 1 is 1.27 bits per heavy atom. The van der Waals surface area contributed by atoms with Crippen LogP contribution in [0.3, 0.4) is 0 Å². The summed E-state index contributed by atoms with van der Waals surface area (Å²) in [5.41, 5.74) is 0. The van der Waals surface area contributed by atoms with Gasteiger partial charge in [0.15, 0.2) is 0 Å². The standard InChI is InChI=1S/C7H16NO2.Al.2H/c1-8(4-3-6-9)5-7-10-2;;;/h3-7H2,1-2H3;;;/q-1;+1;;.